The highest BCUT2D eigenvalue weighted by atomic mass is 35.5. The number of halogens is 1. The fourth-order valence-electron chi connectivity index (χ4n) is 2.38. The zero-order valence-electron chi connectivity index (χ0n) is 12.7. The summed E-state index contributed by atoms with van der Waals surface area (Å²) >= 11 is 5.89. The van der Waals surface area contributed by atoms with Crippen LogP contribution < -0.4 is 10.2 Å². The predicted octanol–water partition coefficient (Wildman–Crippen LogP) is 3.28. The third kappa shape index (κ3) is 3.58. The molecular weight excluding hydrogens is 354 g/mol. The van der Waals surface area contributed by atoms with E-state index in [0.717, 1.165) is 0 Å². The molecule has 3 aromatic rings. The summed E-state index contributed by atoms with van der Waals surface area (Å²) in [7, 11) is 0. The van der Waals surface area contributed by atoms with Gasteiger partial charge in [-0.15, -0.1) is 10.1 Å². The van der Waals surface area contributed by atoms with E-state index >= 15 is 0 Å². The Balaban J connectivity index is 1.91. The monoisotopic (exact) mass is 365 g/mol. The number of nitrogens with zero attached hydrogens (tertiary/aromatic N) is 1. The van der Waals surface area contributed by atoms with Crippen molar-refractivity contribution in [3.05, 3.63) is 55.7 Å². The first-order chi connectivity index (χ1) is 12.0. The van der Waals surface area contributed by atoms with Crippen molar-refractivity contribution in [3.8, 4) is 11.5 Å². The summed E-state index contributed by atoms with van der Waals surface area (Å²) in [4.78, 5) is 26.7. The van der Waals surface area contributed by atoms with E-state index in [2.05, 4.69) is 4.84 Å². The largest absolute Gasteiger partial charge is 0.507 e. The Labute approximate surface area is 145 Å². The molecule has 0 bridgehead atoms. The van der Waals surface area contributed by atoms with Gasteiger partial charge >= 0.3 is 0 Å². The zero-order valence-corrected chi connectivity index (χ0v) is 13.5. The molecule has 3 rings (SSSR count). The van der Waals surface area contributed by atoms with Crippen LogP contribution in [0.25, 0.3) is 21.9 Å². The number of hydrogen-bond donors (Lipinski definition) is 1. The lowest BCUT2D eigenvalue weighted by molar-refractivity contribution is -0.757. The van der Waals surface area contributed by atoms with Crippen molar-refractivity contribution in [2.45, 2.75) is 6.42 Å². The van der Waals surface area contributed by atoms with Crippen LogP contribution in [0.4, 0.5) is 0 Å². The fraction of sp³-hybridized carbons (Fsp3) is 0.188. The second-order valence-electron chi connectivity index (χ2n) is 5.15. The second kappa shape index (κ2) is 6.86. The maximum absolute atomic E-state index is 12.5. The first-order valence-corrected chi connectivity index (χ1v) is 7.62. The van der Waals surface area contributed by atoms with E-state index in [4.69, 9.17) is 20.8 Å². The topological polar surface area (TPSA) is 112 Å². The van der Waals surface area contributed by atoms with Crippen molar-refractivity contribution in [3.63, 3.8) is 0 Å². The SMILES string of the molecule is O=c1c2cc(Cl)ccc2oc2cc(OCCCO[N+](=O)[O-])cc(O)c12. The molecule has 25 heavy (non-hydrogen) atoms. The minimum absolute atomic E-state index is 0.0267. The van der Waals surface area contributed by atoms with Crippen LogP contribution in [0.15, 0.2) is 39.5 Å². The van der Waals surface area contributed by atoms with Crippen LogP contribution in [0.2, 0.25) is 5.02 Å². The summed E-state index contributed by atoms with van der Waals surface area (Å²) in [6, 6.07) is 7.39. The first kappa shape index (κ1) is 16.8. The Hall–Kier alpha value is -3.00. The van der Waals surface area contributed by atoms with E-state index in [-0.39, 0.29) is 47.5 Å². The third-order valence-corrected chi connectivity index (χ3v) is 3.68. The van der Waals surface area contributed by atoms with Crippen molar-refractivity contribution < 1.29 is 24.2 Å². The molecule has 0 atom stereocenters. The minimum Gasteiger partial charge on any atom is -0.507 e. The highest BCUT2D eigenvalue weighted by Gasteiger charge is 2.14. The molecule has 0 aliphatic rings. The number of ether oxygens (including phenoxy) is 1. The molecule has 0 unspecified atom stereocenters. The van der Waals surface area contributed by atoms with Gasteiger partial charge in [0.2, 0.25) is 5.43 Å². The van der Waals surface area contributed by atoms with Crippen molar-refractivity contribution in [1.29, 1.82) is 0 Å². The molecule has 0 spiro atoms. The first-order valence-electron chi connectivity index (χ1n) is 7.25. The third-order valence-electron chi connectivity index (χ3n) is 3.44. The number of benzene rings is 2. The van der Waals surface area contributed by atoms with Gasteiger partial charge in [0.15, 0.2) is 0 Å². The average Bonchev–Trinajstić information content (AvgIpc) is 2.54. The minimum atomic E-state index is -0.881. The van der Waals surface area contributed by atoms with Gasteiger partial charge in [-0.25, -0.2) is 0 Å². The van der Waals surface area contributed by atoms with Gasteiger partial charge < -0.3 is 19.1 Å². The molecule has 0 saturated carbocycles. The standard InChI is InChI=1S/C16H12ClNO7/c17-9-2-3-13-11(6-9)16(20)15-12(19)7-10(8-14(15)25-13)23-4-1-5-24-18(21)22/h2-3,6-8,19H,1,4-5H2. The van der Waals surface area contributed by atoms with E-state index in [0.29, 0.717) is 10.6 Å². The van der Waals surface area contributed by atoms with Crippen LogP contribution in [0.5, 0.6) is 11.5 Å². The summed E-state index contributed by atoms with van der Waals surface area (Å²) in [5.41, 5.74) is 0.0939. The zero-order chi connectivity index (χ0) is 18.0. The van der Waals surface area contributed by atoms with Crippen LogP contribution in [0.3, 0.4) is 0 Å². The quantitative estimate of drug-likeness (QED) is 0.308. The predicted molar refractivity (Wildman–Crippen MR) is 89.7 cm³/mol. The molecule has 0 aliphatic carbocycles. The van der Waals surface area contributed by atoms with Gasteiger partial charge in [0.25, 0.3) is 5.09 Å². The molecule has 0 saturated heterocycles. The van der Waals surface area contributed by atoms with Crippen LogP contribution in [-0.2, 0) is 4.84 Å². The van der Waals surface area contributed by atoms with Gasteiger partial charge in [-0.2, -0.15) is 0 Å². The molecule has 130 valence electrons. The summed E-state index contributed by atoms with van der Waals surface area (Å²) in [6.07, 6.45) is 0.278. The molecule has 0 radical (unpaired) electrons. The Morgan fingerprint density at radius 3 is 2.76 bits per heavy atom. The number of phenolic OH excluding ortho intramolecular Hbond substituents is 1. The van der Waals surface area contributed by atoms with Crippen molar-refractivity contribution in [1.82, 2.24) is 0 Å². The van der Waals surface area contributed by atoms with Crippen LogP contribution in [0, 0.1) is 10.1 Å². The molecular formula is C16H12ClNO7. The molecule has 9 heteroatoms. The van der Waals surface area contributed by atoms with E-state index in [1.165, 1.54) is 18.2 Å². The number of hydrogen-bond acceptors (Lipinski definition) is 7. The Bertz CT molecular complexity index is 1010. The normalized spacial score (nSPS) is 10.9. The smallest absolute Gasteiger partial charge is 0.294 e. The van der Waals surface area contributed by atoms with Gasteiger partial charge in [0.05, 0.1) is 18.6 Å². The molecule has 1 aromatic heterocycles. The van der Waals surface area contributed by atoms with Crippen molar-refractivity contribution in [2.75, 3.05) is 13.2 Å². The van der Waals surface area contributed by atoms with Crippen LogP contribution >= 0.6 is 11.6 Å². The van der Waals surface area contributed by atoms with Crippen molar-refractivity contribution in [2.24, 2.45) is 0 Å². The summed E-state index contributed by atoms with van der Waals surface area (Å²) in [6.45, 7) is 0.0270. The highest BCUT2D eigenvalue weighted by molar-refractivity contribution is 6.31. The lowest BCUT2D eigenvalue weighted by Crippen LogP contribution is -2.07. The number of fused-ring (bicyclic) bond motifs is 2. The Morgan fingerprint density at radius 2 is 2.00 bits per heavy atom. The summed E-state index contributed by atoms with van der Waals surface area (Å²) in [5.74, 6) is -0.0211. The van der Waals surface area contributed by atoms with Gasteiger partial charge in [-0.3, -0.25) is 4.79 Å². The van der Waals surface area contributed by atoms with Gasteiger partial charge in [-0.1, -0.05) is 11.6 Å². The van der Waals surface area contributed by atoms with E-state index in [1.807, 2.05) is 0 Å². The molecule has 1 N–H and O–H groups in total. The molecule has 8 nitrogen and oxygen atoms in total. The molecule has 1 heterocycles. The van der Waals surface area contributed by atoms with Gasteiger partial charge in [0.1, 0.15) is 28.1 Å². The Morgan fingerprint density at radius 1 is 1.20 bits per heavy atom. The summed E-state index contributed by atoms with van der Waals surface area (Å²) < 4.78 is 11.1. The van der Waals surface area contributed by atoms with Gasteiger partial charge in [-0.05, 0) is 18.2 Å². The van der Waals surface area contributed by atoms with E-state index in [1.54, 1.807) is 12.1 Å². The summed E-state index contributed by atoms with van der Waals surface area (Å²) in [5, 5.41) is 20.0. The highest BCUT2D eigenvalue weighted by Crippen LogP contribution is 2.31. The van der Waals surface area contributed by atoms with Crippen LogP contribution in [0.1, 0.15) is 6.42 Å². The van der Waals surface area contributed by atoms with E-state index in [9.17, 15) is 20.0 Å². The number of aromatic hydroxyl groups is 1. The maximum atomic E-state index is 12.5. The van der Waals surface area contributed by atoms with E-state index < -0.39 is 10.5 Å². The number of rotatable bonds is 6. The molecule has 0 fully saturated rings. The van der Waals surface area contributed by atoms with Crippen LogP contribution in [-0.4, -0.2) is 23.4 Å². The maximum Gasteiger partial charge on any atom is 0.294 e. The van der Waals surface area contributed by atoms with Crippen molar-refractivity contribution >= 4 is 33.5 Å². The Kier molecular flexibility index (Phi) is 4.62. The molecule has 0 aliphatic heterocycles. The lowest BCUT2D eigenvalue weighted by atomic mass is 10.1. The molecule has 2 aromatic carbocycles. The second-order valence-corrected chi connectivity index (χ2v) is 5.58. The fourth-order valence-corrected chi connectivity index (χ4v) is 2.55. The number of phenols is 1. The van der Waals surface area contributed by atoms with Gasteiger partial charge in [0, 0.05) is 23.6 Å². The average molecular weight is 366 g/mol. The lowest BCUT2D eigenvalue weighted by Gasteiger charge is -2.09. The molecule has 0 amide bonds.